The lowest BCUT2D eigenvalue weighted by molar-refractivity contribution is 1.28. The van der Waals surface area contributed by atoms with Crippen LogP contribution < -0.4 is 45.9 Å². The van der Waals surface area contributed by atoms with Crippen molar-refractivity contribution in [3.8, 4) is 0 Å². The molecule has 0 fully saturated rings. The summed E-state index contributed by atoms with van der Waals surface area (Å²) in [6, 6.07) is 23.3. The number of nitrogens with zero attached hydrogens (tertiary/aromatic N) is 4. The average Bonchev–Trinajstić information content (AvgIpc) is 2.96. The third kappa shape index (κ3) is 34.9. The van der Waals surface area contributed by atoms with Gasteiger partial charge in [-0.3, -0.25) is 19.9 Å². The van der Waals surface area contributed by atoms with E-state index in [0.717, 1.165) is 22.8 Å². The monoisotopic (exact) mass is 668 g/mol. The van der Waals surface area contributed by atoms with Gasteiger partial charge in [0.1, 0.15) is 0 Å². The van der Waals surface area contributed by atoms with E-state index in [-0.39, 0.29) is 20.4 Å². The molecule has 16 N–H and O–H groups in total. The van der Waals surface area contributed by atoms with Crippen molar-refractivity contribution >= 4 is 93.6 Å². The zero-order valence-corrected chi connectivity index (χ0v) is 26.9. The van der Waals surface area contributed by atoms with E-state index < -0.39 is 0 Å². The fourth-order valence-corrected chi connectivity index (χ4v) is 2.24. The summed E-state index contributed by atoms with van der Waals surface area (Å²) in [5.74, 6) is 0. The van der Waals surface area contributed by atoms with Crippen molar-refractivity contribution in [2.75, 3.05) is 0 Å². The van der Waals surface area contributed by atoms with E-state index in [2.05, 4.69) is 115 Å². The van der Waals surface area contributed by atoms with Crippen LogP contribution in [-0.4, -0.2) is 40.4 Å². The number of hydrogen-bond donors (Lipinski definition) is 8. The van der Waals surface area contributed by atoms with Gasteiger partial charge in [-0.25, -0.2) is 0 Å². The van der Waals surface area contributed by atoms with E-state index in [1.54, 1.807) is 24.8 Å². The lowest BCUT2D eigenvalue weighted by Gasteiger charge is -1.91. The Bertz CT molecular complexity index is 1160. The van der Waals surface area contributed by atoms with Crippen LogP contribution in [0.5, 0.6) is 0 Å². The molecule has 4 aromatic heterocycles. The molecular weight excluding hydrogens is 633 g/mol. The quantitative estimate of drug-likeness (QED) is 0.145. The summed E-state index contributed by atoms with van der Waals surface area (Å²) in [7, 11) is 0. The van der Waals surface area contributed by atoms with Gasteiger partial charge in [-0.2, -0.15) is 0 Å². The molecular formula is C28H36N12S4. The maximum absolute atomic E-state index is 4.62. The predicted molar refractivity (Wildman–Crippen MR) is 199 cm³/mol. The Labute approximate surface area is 278 Å². The van der Waals surface area contributed by atoms with Crippen LogP contribution in [0.4, 0.5) is 0 Å². The SMILES string of the molecule is C(=C\c1ccccn1)/c1ccccn1.C(=C\c1ccccn1)/c1ccccn1.NC(N)=S.NC(N)=S.NC(N)=S.NC(N)=S. The highest BCUT2D eigenvalue weighted by Gasteiger charge is 1.87. The fourth-order valence-electron chi connectivity index (χ4n) is 2.24. The molecule has 16 heteroatoms. The van der Waals surface area contributed by atoms with Crippen molar-refractivity contribution in [3.63, 3.8) is 0 Å². The van der Waals surface area contributed by atoms with Gasteiger partial charge in [0.15, 0.2) is 20.4 Å². The van der Waals surface area contributed by atoms with Gasteiger partial charge in [-0.1, -0.05) is 24.3 Å². The minimum atomic E-state index is 0.000000000000000222. The third-order valence-electron chi connectivity index (χ3n) is 3.60. The first-order valence-electron chi connectivity index (χ1n) is 12.0. The molecule has 0 unspecified atom stereocenters. The molecule has 0 spiro atoms. The molecule has 0 saturated heterocycles. The second-order valence-corrected chi connectivity index (χ2v) is 9.18. The van der Waals surface area contributed by atoms with E-state index in [1.807, 2.05) is 97.1 Å². The molecule has 4 rings (SSSR count). The van der Waals surface area contributed by atoms with Gasteiger partial charge >= 0.3 is 0 Å². The molecule has 232 valence electrons. The minimum absolute atomic E-state index is 0.000000000000000222. The van der Waals surface area contributed by atoms with Crippen molar-refractivity contribution in [1.82, 2.24) is 19.9 Å². The van der Waals surface area contributed by atoms with Crippen molar-refractivity contribution in [3.05, 3.63) is 120 Å². The largest absolute Gasteiger partial charge is 0.377 e. The van der Waals surface area contributed by atoms with Crippen LogP contribution in [0.15, 0.2) is 97.6 Å². The molecule has 0 amide bonds. The Morgan fingerprint density at radius 1 is 0.364 bits per heavy atom. The van der Waals surface area contributed by atoms with Gasteiger partial charge in [0, 0.05) is 24.8 Å². The summed E-state index contributed by atoms with van der Waals surface area (Å²) < 4.78 is 0. The molecule has 0 aromatic carbocycles. The van der Waals surface area contributed by atoms with E-state index in [1.165, 1.54) is 0 Å². The van der Waals surface area contributed by atoms with Crippen LogP contribution in [0.2, 0.25) is 0 Å². The highest BCUT2D eigenvalue weighted by molar-refractivity contribution is 7.80. The molecule has 0 bridgehead atoms. The first-order chi connectivity index (χ1) is 20.8. The van der Waals surface area contributed by atoms with Gasteiger partial charge < -0.3 is 45.9 Å². The Hall–Kier alpha value is -5.16. The van der Waals surface area contributed by atoms with E-state index in [4.69, 9.17) is 0 Å². The van der Waals surface area contributed by atoms with E-state index in [0.29, 0.717) is 0 Å². The second kappa shape index (κ2) is 28.0. The normalized spacial score (nSPS) is 8.91. The topological polar surface area (TPSA) is 260 Å². The van der Waals surface area contributed by atoms with Crippen molar-refractivity contribution in [1.29, 1.82) is 0 Å². The molecule has 0 aliphatic carbocycles. The zero-order valence-electron chi connectivity index (χ0n) is 23.6. The Morgan fingerprint density at radius 3 is 0.636 bits per heavy atom. The Kier molecular flexibility index (Phi) is 26.1. The molecule has 0 saturated carbocycles. The first-order valence-corrected chi connectivity index (χ1v) is 13.7. The number of rotatable bonds is 4. The van der Waals surface area contributed by atoms with Crippen LogP contribution in [0.25, 0.3) is 24.3 Å². The Balaban J connectivity index is 0. The van der Waals surface area contributed by atoms with Gasteiger partial charge in [-0.15, -0.1) is 0 Å². The molecule has 4 heterocycles. The molecule has 4 aromatic rings. The van der Waals surface area contributed by atoms with Crippen molar-refractivity contribution < 1.29 is 0 Å². The van der Waals surface area contributed by atoms with Crippen LogP contribution in [0, 0.1) is 0 Å². The van der Waals surface area contributed by atoms with Crippen LogP contribution >= 0.6 is 48.9 Å². The fraction of sp³-hybridized carbons (Fsp3) is 0. The van der Waals surface area contributed by atoms with E-state index in [9.17, 15) is 0 Å². The zero-order chi connectivity index (χ0) is 33.6. The maximum Gasteiger partial charge on any atom is 0.160 e. The summed E-state index contributed by atoms with van der Waals surface area (Å²) in [6.07, 6.45) is 14.9. The van der Waals surface area contributed by atoms with Gasteiger partial charge in [-0.05, 0) is 122 Å². The minimum Gasteiger partial charge on any atom is -0.377 e. The van der Waals surface area contributed by atoms with Gasteiger partial charge in [0.05, 0.1) is 22.8 Å². The molecule has 0 atom stereocenters. The molecule has 44 heavy (non-hydrogen) atoms. The number of nitrogens with two attached hydrogens (primary N) is 8. The predicted octanol–water partition coefficient (Wildman–Crippen LogP) is 2.05. The highest BCUT2D eigenvalue weighted by Crippen LogP contribution is 2.03. The summed E-state index contributed by atoms with van der Waals surface area (Å²) >= 11 is 16.4. The van der Waals surface area contributed by atoms with Crippen LogP contribution in [-0.2, 0) is 0 Å². The van der Waals surface area contributed by atoms with Gasteiger partial charge in [0.2, 0.25) is 0 Å². The number of hydrogen-bond acceptors (Lipinski definition) is 8. The lowest BCUT2D eigenvalue weighted by Crippen LogP contribution is -2.18. The molecule has 0 radical (unpaired) electrons. The number of pyridine rings is 4. The highest BCUT2D eigenvalue weighted by atomic mass is 32.1. The van der Waals surface area contributed by atoms with Crippen molar-refractivity contribution in [2.45, 2.75) is 0 Å². The van der Waals surface area contributed by atoms with Crippen molar-refractivity contribution in [2.24, 2.45) is 45.9 Å². The van der Waals surface area contributed by atoms with Crippen LogP contribution in [0.1, 0.15) is 22.8 Å². The van der Waals surface area contributed by atoms with Crippen LogP contribution in [0.3, 0.4) is 0 Å². The summed E-state index contributed by atoms with van der Waals surface area (Å²) in [5.41, 5.74) is 40.7. The average molecular weight is 669 g/mol. The molecule has 0 aliphatic rings. The smallest absolute Gasteiger partial charge is 0.160 e. The molecule has 12 nitrogen and oxygen atoms in total. The summed E-state index contributed by atoms with van der Waals surface area (Å²) in [5, 5.41) is 0.000000000000000888. The Morgan fingerprint density at radius 2 is 0.523 bits per heavy atom. The van der Waals surface area contributed by atoms with Gasteiger partial charge in [0.25, 0.3) is 0 Å². The standard InChI is InChI=1S/2C12H10N2.4CH4N2S/c2*1-3-9-13-11(5-1)7-8-12-6-2-4-10-14-12;4*2-1(3)4/h2*1-10H;4*(H4,2,3,4)/b2*8-7+;;;;. The first kappa shape index (κ1) is 41.0. The molecule has 0 aliphatic heterocycles. The third-order valence-corrected chi connectivity index (χ3v) is 3.60. The lowest BCUT2D eigenvalue weighted by atomic mass is 10.3. The second-order valence-electron chi connectivity index (χ2n) is 7.29. The van der Waals surface area contributed by atoms with E-state index >= 15 is 0 Å². The maximum atomic E-state index is 4.62. The summed E-state index contributed by atoms with van der Waals surface area (Å²) in [4.78, 5) is 16.7. The number of thiocarbonyl (C=S) groups is 4. The number of aromatic nitrogens is 4. The summed E-state index contributed by atoms with van der Waals surface area (Å²) in [6.45, 7) is 0.